The molecule has 0 amide bonds. The van der Waals surface area contributed by atoms with Gasteiger partial charge in [-0.25, -0.2) is 4.98 Å². The molecule has 5 N–H and O–H groups in total. The summed E-state index contributed by atoms with van der Waals surface area (Å²) in [5, 5.41) is 35.0. The monoisotopic (exact) mass is 444 g/mol. The molecule has 1 aromatic heterocycles. The number of hydrogen-bond acceptors (Lipinski definition) is 5. The van der Waals surface area contributed by atoms with E-state index in [1.54, 1.807) is 6.20 Å². The molecule has 6 rings (SSSR count). The number of pyridine rings is 1. The van der Waals surface area contributed by atoms with Gasteiger partial charge in [-0.3, -0.25) is 0 Å². The summed E-state index contributed by atoms with van der Waals surface area (Å²) in [4.78, 5) is 4.20. The number of benzene rings is 1. The van der Waals surface area contributed by atoms with Gasteiger partial charge in [0.1, 0.15) is 5.82 Å². The fraction of sp³-hybridized carbons (Fsp3) is 0.464. The van der Waals surface area contributed by atoms with Crippen LogP contribution in [0.5, 0.6) is 0 Å². The molecule has 1 saturated carbocycles. The average Bonchev–Trinajstić information content (AvgIpc) is 3.04. The summed E-state index contributed by atoms with van der Waals surface area (Å²) in [5.41, 5.74) is 10.7. The van der Waals surface area contributed by atoms with Crippen LogP contribution in [0.15, 0.2) is 59.3 Å². The Kier molecular flexibility index (Phi) is 4.64. The highest BCUT2D eigenvalue weighted by Crippen LogP contribution is 2.60. The molecule has 0 saturated heterocycles. The zero-order valence-electron chi connectivity index (χ0n) is 19.1. The Hall–Kier alpha value is -2.47. The summed E-state index contributed by atoms with van der Waals surface area (Å²) >= 11 is 0. The van der Waals surface area contributed by atoms with E-state index >= 15 is 0 Å². The van der Waals surface area contributed by atoms with Crippen molar-refractivity contribution < 1.29 is 15.3 Å². The molecule has 0 radical (unpaired) electrons. The molecule has 1 aromatic carbocycles. The number of aliphatic hydroxyl groups excluding tert-OH is 2. The molecular weight excluding hydrogens is 412 g/mol. The Bertz CT molecular complexity index is 1240. The van der Waals surface area contributed by atoms with E-state index < -0.39 is 17.8 Å². The van der Waals surface area contributed by atoms with Crippen molar-refractivity contribution in [1.82, 2.24) is 4.98 Å². The molecule has 4 aliphatic rings. The molecule has 0 aliphatic heterocycles. The van der Waals surface area contributed by atoms with Crippen LogP contribution in [0.1, 0.15) is 57.4 Å². The fourth-order valence-corrected chi connectivity index (χ4v) is 7.07. The number of fused-ring (bicyclic) bond motifs is 4. The first-order chi connectivity index (χ1) is 15.8. The minimum Gasteiger partial charge on any atom is -0.393 e. The molecular formula is C28H32N2O3. The van der Waals surface area contributed by atoms with Crippen molar-refractivity contribution in [3.63, 3.8) is 0 Å². The lowest BCUT2D eigenvalue weighted by atomic mass is 9.61. The lowest BCUT2D eigenvalue weighted by molar-refractivity contribution is 0.00863. The Morgan fingerprint density at radius 2 is 2.00 bits per heavy atom. The minimum absolute atomic E-state index is 0.166. The standard InChI is InChI=1S/C28H32N2O3/c1-27-15-25(32)22-14-18-13-19(31)6-9-28(18,33)10-7-21(22)24(27)5-4-23(27)17-2-3-20-16(12-17)8-11-30-26(20)29/h2-4,8,11-12,14,19,24-25,31-33H,5-7,9-10,13,15H2,1H3,(H2,29,30)/t19?,24?,25?,27?,28-/m0/s1. The topological polar surface area (TPSA) is 99.6 Å². The van der Waals surface area contributed by atoms with Gasteiger partial charge in [-0.2, -0.15) is 0 Å². The summed E-state index contributed by atoms with van der Waals surface area (Å²) in [5.74, 6) is 0.858. The third-order valence-electron chi connectivity index (χ3n) is 8.90. The van der Waals surface area contributed by atoms with Gasteiger partial charge >= 0.3 is 0 Å². The number of hydrogen-bond donors (Lipinski definition) is 4. The second kappa shape index (κ2) is 7.26. The van der Waals surface area contributed by atoms with Crippen LogP contribution in [0.4, 0.5) is 5.82 Å². The van der Waals surface area contributed by atoms with Crippen molar-refractivity contribution in [3.05, 3.63) is 64.9 Å². The lowest BCUT2D eigenvalue weighted by Crippen LogP contribution is -2.38. The van der Waals surface area contributed by atoms with E-state index in [1.807, 2.05) is 12.1 Å². The van der Waals surface area contributed by atoms with Crippen LogP contribution in [-0.2, 0) is 0 Å². The van der Waals surface area contributed by atoms with Gasteiger partial charge in [-0.05, 0) is 90.7 Å². The lowest BCUT2D eigenvalue weighted by Gasteiger charge is -2.43. The van der Waals surface area contributed by atoms with E-state index in [1.165, 1.54) is 16.7 Å². The normalized spacial score (nSPS) is 35.9. The SMILES string of the molecule is CC12CC(O)C3=C(CC[C@@]4(O)CCC(O)CC4=C3)C1CC=C2c1ccc2c(N)nccc2c1. The van der Waals surface area contributed by atoms with Crippen LogP contribution in [0, 0.1) is 11.3 Å². The predicted molar refractivity (Wildman–Crippen MR) is 130 cm³/mol. The number of nitrogens with two attached hydrogens (primary N) is 1. The second-order valence-corrected chi connectivity index (χ2v) is 10.8. The average molecular weight is 445 g/mol. The Labute approximate surface area is 194 Å². The maximum atomic E-state index is 11.4. The van der Waals surface area contributed by atoms with Crippen molar-refractivity contribution in [1.29, 1.82) is 0 Å². The molecule has 0 spiro atoms. The summed E-state index contributed by atoms with van der Waals surface area (Å²) in [7, 11) is 0. The molecule has 5 atom stereocenters. The Balaban J connectivity index is 1.39. The molecule has 0 bridgehead atoms. The summed E-state index contributed by atoms with van der Waals surface area (Å²) < 4.78 is 0. The summed E-state index contributed by atoms with van der Waals surface area (Å²) in [6.45, 7) is 2.29. The zero-order valence-corrected chi connectivity index (χ0v) is 19.1. The largest absolute Gasteiger partial charge is 0.393 e. The first-order valence-corrected chi connectivity index (χ1v) is 12.2. The van der Waals surface area contributed by atoms with E-state index in [4.69, 9.17) is 5.73 Å². The third kappa shape index (κ3) is 3.13. The quantitative estimate of drug-likeness (QED) is 0.526. The van der Waals surface area contributed by atoms with Gasteiger partial charge in [-0.15, -0.1) is 0 Å². The van der Waals surface area contributed by atoms with Crippen molar-refractivity contribution in [2.45, 2.75) is 69.7 Å². The maximum absolute atomic E-state index is 11.4. The molecule has 172 valence electrons. The van der Waals surface area contributed by atoms with Gasteiger partial charge in [0, 0.05) is 17.0 Å². The second-order valence-electron chi connectivity index (χ2n) is 10.8. The number of aliphatic hydroxyl groups is 3. The minimum atomic E-state index is -0.853. The highest BCUT2D eigenvalue weighted by atomic mass is 16.3. The molecule has 5 heteroatoms. The van der Waals surface area contributed by atoms with Crippen LogP contribution >= 0.6 is 0 Å². The molecule has 5 nitrogen and oxygen atoms in total. The zero-order chi connectivity index (χ0) is 23.0. The molecule has 1 fully saturated rings. The number of anilines is 1. The van der Waals surface area contributed by atoms with Crippen LogP contribution in [0.2, 0.25) is 0 Å². The van der Waals surface area contributed by atoms with Gasteiger partial charge in [0.05, 0.1) is 17.8 Å². The van der Waals surface area contributed by atoms with Crippen molar-refractivity contribution in [2.75, 3.05) is 5.73 Å². The van der Waals surface area contributed by atoms with Gasteiger partial charge in [-0.1, -0.05) is 36.8 Å². The van der Waals surface area contributed by atoms with Gasteiger partial charge < -0.3 is 21.1 Å². The summed E-state index contributed by atoms with van der Waals surface area (Å²) in [6.07, 6.45) is 9.95. The number of rotatable bonds is 1. The van der Waals surface area contributed by atoms with Gasteiger partial charge in [0.2, 0.25) is 0 Å². The summed E-state index contributed by atoms with van der Waals surface area (Å²) in [6, 6.07) is 8.37. The van der Waals surface area contributed by atoms with E-state index in [9.17, 15) is 15.3 Å². The van der Waals surface area contributed by atoms with E-state index in [0.29, 0.717) is 43.8 Å². The van der Waals surface area contributed by atoms with Crippen molar-refractivity contribution >= 4 is 22.2 Å². The molecule has 2 aromatic rings. The maximum Gasteiger partial charge on any atom is 0.131 e. The number of nitrogen functional groups attached to an aromatic ring is 1. The van der Waals surface area contributed by atoms with Crippen molar-refractivity contribution in [3.8, 4) is 0 Å². The first-order valence-electron chi connectivity index (χ1n) is 12.2. The number of nitrogens with zero attached hydrogens (tertiary/aromatic N) is 1. The van der Waals surface area contributed by atoms with Crippen molar-refractivity contribution in [2.24, 2.45) is 11.3 Å². The third-order valence-corrected chi connectivity index (χ3v) is 8.90. The molecule has 4 aliphatic carbocycles. The van der Waals surface area contributed by atoms with Crippen LogP contribution in [0.3, 0.4) is 0 Å². The molecule has 1 heterocycles. The number of allylic oxidation sites excluding steroid dienone is 3. The van der Waals surface area contributed by atoms with E-state index in [-0.39, 0.29) is 5.41 Å². The Morgan fingerprint density at radius 3 is 2.85 bits per heavy atom. The highest BCUT2D eigenvalue weighted by Gasteiger charge is 2.50. The van der Waals surface area contributed by atoms with E-state index in [0.717, 1.165) is 34.8 Å². The predicted octanol–water partition coefficient (Wildman–Crippen LogP) is 4.28. The smallest absolute Gasteiger partial charge is 0.131 e. The fourth-order valence-electron chi connectivity index (χ4n) is 7.07. The van der Waals surface area contributed by atoms with Crippen LogP contribution in [-0.4, -0.2) is 38.1 Å². The van der Waals surface area contributed by atoms with Gasteiger partial charge in [0.15, 0.2) is 0 Å². The Morgan fingerprint density at radius 1 is 1.15 bits per heavy atom. The number of aromatic nitrogens is 1. The van der Waals surface area contributed by atoms with Crippen LogP contribution in [0.25, 0.3) is 16.3 Å². The highest BCUT2D eigenvalue weighted by molar-refractivity contribution is 5.93. The molecule has 4 unspecified atom stereocenters. The first kappa shape index (κ1) is 21.1. The van der Waals surface area contributed by atoms with Gasteiger partial charge in [0.25, 0.3) is 0 Å². The van der Waals surface area contributed by atoms with E-state index in [2.05, 4.69) is 36.2 Å². The van der Waals surface area contributed by atoms with Crippen LogP contribution < -0.4 is 5.73 Å². The molecule has 33 heavy (non-hydrogen) atoms.